The summed E-state index contributed by atoms with van der Waals surface area (Å²) in [5.41, 5.74) is 2.97. The number of aromatic amines is 1. The molecule has 2 aromatic carbocycles. The molecule has 0 aliphatic carbocycles. The van der Waals surface area contributed by atoms with Crippen LogP contribution in [0.1, 0.15) is 11.3 Å². The van der Waals surface area contributed by atoms with Gasteiger partial charge in [-0.3, -0.25) is 14.7 Å². The van der Waals surface area contributed by atoms with E-state index in [1.807, 2.05) is 48.5 Å². The summed E-state index contributed by atoms with van der Waals surface area (Å²) in [5, 5.41) is 14.9. The Bertz CT molecular complexity index is 1640. The van der Waals surface area contributed by atoms with E-state index in [4.69, 9.17) is 17.2 Å². The number of rotatable bonds is 2. The molecule has 0 unspecified atom stereocenters. The smallest absolute Gasteiger partial charge is 0.296 e. The molecule has 0 fully saturated rings. The van der Waals surface area contributed by atoms with Gasteiger partial charge in [0.2, 0.25) is 4.77 Å². The van der Waals surface area contributed by atoms with Crippen molar-refractivity contribution < 1.29 is 0 Å². The predicted molar refractivity (Wildman–Crippen MR) is 127 cm³/mol. The number of para-hydroxylation sites is 3. The number of hydrogen-bond donors (Lipinski definition) is 2. The van der Waals surface area contributed by atoms with Crippen molar-refractivity contribution in [1.82, 2.24) is 19.4 Å². The molecule has 0 amide bonds. The molecular formula is C22H17N7O2S. The number of pyridine rings is 1. The zero-order valence-electron chi connectivity index (χ0n) is 17.2. The van der Waals surface area contributed by atoms with E-state index < -0.39 is 5.56 Å². The van der Waals surface area contributed by atoms with Gasteiger partial charge in [-0.05, 0) is 37.3 Å². The van der Waals surface area contributed by atoms with Gasteiger partial charge in [-0.2, -0.15) is 14.9 Å². The number of hydrogen-bond acceptors (Lipinski definition) is 7. The lowest BCUT2D eigenvalue weighted by atomic mass is 10.0. The molecule has 10 heteroatoms. The average molecular weight is 443 g/mol. The molecule has 1 aliphatic rings. The largest absolute Gasteiger partial charge is 0.352 e. The lowest BCUT2D eigenvalue weighted by Gasteiger charge is -2.15. The Morgan fingerprint density at radius 1 is 1.06 bits per heavy atom. The third kappa shape index (κ3) is 3.08. The number of fused-ring (bicyclic) bond motifs is 4. The molecule has 2 N–H and O–H groups in total. The molecule has 5 rings (SSSR count). The maximum atomic E-state index is 13.4. The molecule has 0 bridgehead atoms. The summed E-state index contributed by atoms with van der Waals surface area (Å²) in [6.45, 7) is 1.56. The first kappa shape index (κ1) is 19.8. The summed E-state index contributed by atoms with van der Waals surface area (Å²) in [6.07, 6.45) is 1.38. The normalized spacial score (nSPS) is 12.8. The fourth-order valence-electron chi connectivity index (χ4n) is 3.64. The molecular weight excluding hydrogens is 426 g/mol. The number of H-pyrrole nitrogens is 1. The summed E-state index contributed by atoms with van der Waals surface area (Å²) in [6, 6.07) is 15.1. The predicted octanol–water partition coefficient (Wildman–Crippen LogP) is 3.17. The minimum absolute atomic E-state index is 0.0382. The summed E-state index contributed by atoms with van der Waals surface area (Å²) < 4.78 is 2.64. The van der Waals surface area contributed by atoms with Crippen LogP contribution in [-0.2, 0) is 7.05 Å². The monoisotopic (exact) mass is 443 g/mol. The van der Waals surface area contributed by atoms with Crippen LogP contribution in [-0.4, -0.2) is 31.4 Å². The molecule has 0 atom stereocenters. The quantitative estimate of drug-likeness (QED) is 0.365. The highest BCUT2D eigenvalue weighted by molar-refractivity contribution is 7.71. The standard InChI is InChI=1S/C22H17N7O2S/c1-12-20(30)29(22(32)27-26-12)23-11-16-18-19(25-15-9-5-4-8-14(15)24-16)13-7-3-6-10-17(13)28(2)21(18)31/h3-11,25H,1-2H3,(H,27,32)/b23-11+. The lowest BCUT2D eigenvalue weighted by Crippen LogP contribution is -2.28. The molecule has 158 valence electrons. The van der Waals surface area contributed by atoms with Crippen LogP contribution < -0.4 is 16.4 Å². The highest BCUT2D eigenvalue weighted by Gasteiger charge is 2.23. The summed E-state index contributed by atoms with van der Waals surface area (Å²) in [4.78, 5) is 30.6. The van der Waals surface area contributed by atoms with Gasteiger partial charge >= 0.3 is 0 Å². The van der Waals surface area contributed by atoms with Crippen LogP contribution in [0.2, 0.25) is 0 Å². The highest BCUT2D eigenvalue weighted by atomic mass is 32.1. The van der Waals surface area contributed by atoms with Crippen molar-refractivity contribution in [1.29, 1.82) is 0 Å². The van der Waals surface area contributed by atoms with Crippen molar-refractivity contribution in [3.8, 4) is 0 Å². The Kier molecular flexibility index (Phi) is 4.63. The second-order valence-electron chi connectivity index (χ2n) is 7.25. The Morgan fingerprint density at radius 2 is 1.81 bits per heavy atom. The molecule has 4 aromatic rings. The van der Waals surface area contributed by atoms with Crippen LogP contribution in [0, 0.1) is 11.7 Å². The van der Waals surface area contributed by atoms with E-state index in [1.54, 1.807) is 18.5 Å². The number of aliphatic imine (C=N–C) groups is 1. The van der Waals surface area contributed by atoms with Crippen LogP contribution in [0.5, 0.6) is 0 Å². The van der Waals surface area contributed by atoms with E-state index >= 15 is 0 Å². The summed E-state index contributed by atoms with van der Waals surface area (Å²) in [7, 11) is 1.71. The second kappa shape index (κ2) is 7.50. The topological polar surface area (TPSA) is 109 Å². The molecule has 0 saturated heterocycles. The minimum Gasteiger partial charge on any atom is -0.352 e. The van der Waals surface area contributed by atoms with Crippen LogP contribution in [0.15, 0.2) is 68.2 Å². The molecule has 0 radical (unpaired) electrons. The molecule has 9 nitrogen and oxygen atoms in total. The maximum absolute atomic E-state index is 13.4. The van der Waals surface area contributed by atoms with Crippen LogP contribution in [0.4, 0.5) is 17.1 Å². The second-order valence-corrected chi connectivity index (χ2v) is 7.63. The third-order valence-corrected chi connectivity index (χ3v) is 5.54. The van der Waals surface area contributed by atoms with Gasteiger partial charge in [0.1, 0.15) is 5.69 Å². The first-order chi connectivity index (χ1) is 15.5. The van der Waals surface area contributed by atoms with E-state index in [1.165, 1.54) is 6.21 Å². The van der Waals surface area contributed by atoms with Gasteiger partial charge in [0.25, 0.3) is 11.1 Å². The van der Waals surface area contributed by atoms with Crippen molar-refractivity contribution in [2.45, 2.75) is 6.92 Å². The van der Waals surface area contributed by atoms with Gasteiger partial charge < -0.3 is 9.88 Å². The average Bonchev–Trinajstić information content (AvgIpc) is 2.97. The third-order valence-electron chi connectivity index (χ3n) is 5.27. The highest BCUT2D eigenvalue weighted by Crippen LogP contribution is 2.36. The van der Waals surface area contributed by atoms with Crippen molar-refractivity contribution in [3.05, 3.63) is 85.3 Å². The van der Waals surface area contributed by atoms with E-state index in [0.29, 0.717) is 22.6 Å². The molecule has 0 saturated carbocycles. The fraction of sp³-hybridized carbons (Fsp3) is 0.0909. The zero-order chi connectivity index (χ0) is 22.4. The lowest BCUT2D eigenvalue weighted by molar-refractivity contribution is 0.721. The molecule has 0 spiro atoms. The number of nitrogens with one attached hydrogen (secondary N) is 2. The van der Waals surface area contributed by atoms with Crippen LogP contribution >= 0.6 is 12.2 Å². The van der Waals surface area contributed by atoms with E-state index in [-0.39, 0.29) is 16.0 Å². The van der Waals surface area contributed by atoms with Gasteiger partial charge in [-0.15, -0.1) is 0 Å². The molecule has 2 aromatic heterocycles. The summed E-state index contributed by atoms with van der Waals surface area (Å²) >= 11 is 5.16. The molecule has 1 aliphatic heterocycles. The first-order valence-corrected chi connectivity index (χ1v) is 10.2. The number of nitrogens with zero attached hydrogens (tertiary/aromatic N) is 5. The Labute approximate surface area is 186 Å². The summed E-state index contributed by atoms with van der Waals surface area (Å²) in [5.74, 6) is 0. The number of aryl methyl sites for hydroxylation is 2. The van der Waals surface area contributed by atoms with Gasteiger partial charge in [0.05, 0.1) is 40.1 Å². The maximum Gasteiger partial charge on any atom is 0.296 e. The molecule has 3 heterocycles. The van der Waals surface area contributed by atoms with Crippen LogP contribution in [0.25, 0.3) is 10.9 Å². The van der Waals surface area contributed by atoms with E-state index in [0.717, 1.165) is 21.3 Å². The number of anilines is 2. The van der Waals surface area contributed by atoms with Gasteiger partial charge in [-0.25, -0.2) is 4.99 Å². The number of aromatic nitrogens is 4. The Balaban J connectivity index is 1.83. The zero-order valence-corrected chi connectivity index (χ0v) is 18.0. The number of benzene rings is 2. The van der Waals surface area contributed by atoms with Crippen molar-refractivity contribution in [3.63, 3.8) is 0 Å². The van der Waals surface area contributed by atoms with Crippen molar-refractivity contribution in [2.24, 2.45) is 17.1 Å². The van der Waals surface area contributed by atoms with Crippen molar-refractivity contribution >= 4 is 52.1 Å². The van der Waals surface area contributed by atoms with Gasteiger partial charge in [-0.1, -0.05) is 30.3 Å². The van der Waals surface area contributed by atoms with Crippen molar-refractivity contribution in [2.75, 3.05) is 5.32 Å². The van der Waals surface area contributed by atoms with E-state index in [2.05, 4.69) is 20.6 Å². The fourth-order valence-corrected chi connectivity index (χ4v) is 3.82. The van der Waals surface area contributed by atoms with Crippen LogP contribution in [0.3, 0.4) is 0 Å². The van der Waals surface area contributed by atoms with E-state index in [9.17, 15) is 9.59 Å². The Hall–Kier alpha value is -4.18. The minimum atomic E-state index is -0.454. The van der Waals surface area contributed by atoms with Gasteiger partial charge in [0, 0.05) is 12.4 Å². The Morgan fingerprint density at radius 3 is 2.66 bits per heavy atom. The first-order valence-electron chi connectivity index (χ1n) is 9.75. The van der Waals surface area contributed by atoms with Gasteiger partial charge in [0.15, 0.2) is 0 Å². The SMILES string of the molecule is Cc1n[nH]c(=S)n(/N=C/C2=Nc3ccccc3Nc3c2c(=O)n(C)c2ccccc32)c1=O. The molecule has 32 heavy (non-hydrogen) atoms.